The number of imidazole rings is 1. The van der Waals surface area contributed by atoms with Gasteiger partial charge in [-0.25, -0.2) is 9.98 Å². The molecule has 3 aromatic heterocycles. The predicted molar refractivity (Wildman–Crippen MR) is 98.3 cm³/mol. The van der Waals surface area contributed by atoms with E-state index in [1.165, 1.54) is 12.3 Å². The van der Waals surface area contributed by atoms with Crippen molar-refractivity contribution >= 4 is 40.9 Å². The Hall–Kier alpha value is -2.76. The van der Waals surface area contributed by atoms with Gasteiger partial charge in [0.2, 0.25) is 0 Å². The first-order valence-electron chi connectivity index (χ1n) is 7.36. The molecule has 0 fully saturated rings. The summed E-state index contributed by atoms with van der Waals surface area (Å²) in [5.41, 5.74) is 1.74. The van der Waals surface area contributed by atoms with Crippen LogP contribution in [0.3, 0.4) is 0 Å². The van der Waals surface area contributed by atoms with Crippen LogP contribution in [0.1, 0.15) is 5.56 Å². The molecule has 4 rings (SSSR count). The van der Waals surface area contributed by atoms with Crippen molar-refractivity contribution in [3.63, 3.8) is 0 Å². The van der Waals surface area contributed by atoms with E-state index in [4.69, 9.17) is 27.6 Å². The number of rotatable bonds is 3. The zero-order chi connectivity index (χ0) is 17.4. The van der Waals surface area contributed by atoms with Crippen molar-refractivity contribution in [3.8, 4) is 17.2 Å². The second-order valence-corrected chi connectivity index (χ2v) is 6.12. The van der Waals surface area contributed by atoms with E-state index in [1.807, 2.05) is 34.9 Å². The molecule has 0 saturated heterocycles. The molecule has 25 heavy (non-hydrogen) atoms. The van der Waals surface area contributed by atoms with Gasteiger partial charge in [0, 0.05) is 23.0 Å². The number of furan rings is 1. The van der Waals surface area contributed by atoms with E-state index in [1.54, 1.807) is 18.4 Å². The molecule has 0 amide bonds. The molecule has 1 N–H and O–H groups in total. The van der Waals surface area contributed by atoms with Crippen molar-refractivity contribution in [1.29, 1.82) is 0 Å². The van der Waals surface area contributed by atoms with Gasteiger partial charge < -0.3 is 9.52 Å². The molecule has 0 unspecified atom stereocenters. The standard InChI is InChI=1S/C18H11Cl2N3O2/c19-12-8-11(17(24)13(20)9-12)10-21-18-16(14-4-3-7-25-14)22-15-5-1-2-6-23(15)18/h1-10,24H. The third kappa shape index (κ3) is 2.88. The number of pyridine rings is 1. The number of aromatic nitrogens is 2. The van der Waals surface area contributed by atoms with Gasteiger partial charge in [0.05, 0.1) is 11.3 Å². The van der Waals surface area contributed by atoms with Crippen LogP contribution < -0.4 is 0 Å². The summed E-state index contributed by atoms with van der Waals surface area (Å²) in [7, 11) is 0. The van der Waals surface area contributed by atoms with Crippen LogP contribution >= 0.6 is 23.2 Å². The normalized spacial score (nSPS) is 11.6. The van der Waals surface area contributed by atoms with Gasteiger partial charge in [-0.15, -0.1) is 0 Å². The van der Waals surface area contributed by atoms with Gasteiger partial charge in [-0.2, -0.15) is 0 Å². The highest BCUT2D eigenvalue weighted by Crippen LogP contribution is 2.33. The largest absolute Gasteiger partial charge is 0.506 e. The predicted octanol–water partition coefficient (Wildman–Crippen LogP) is 5.36. The molecule has 0 aliphatic rings. The maximum atomic E-state index is 10.1. The van der Waals surface area contributed by atoms with Crippen LogP contribution in [0.2, 0.25) is 10.0 Å². The Morgan fingerprint density at radius 3 is 2.84 bits per heavy atom. The Labute approximate surface area is 152 Å². The van der Waals surface area contributed by atoms with Crippen LogP contribution in [0.5, 0.6) is 5.75 Å². The fraction of sp³-hybridized carbons (Fsp3) is 0. The Balaban J connectivity index is 1.88. The van der Waals surface area contributed by atoms with E-state index >= 15 is 0 Å². The molecule has 0 radical (unpaired) electrons. The number of phenolic OH excluding ortho intramolecular Hbond substituents is 1. The number of nitrogens with zero attached hydrogens (tertiary/aromatic N) is 3. The molecule has 0 spiro atoms. The maximum absolute atomic E-state index is 10.1. The molecule has 0 atom stereocenters. The molecule has 0 saturated carbocycles. The lowest BCUT2D eigenvalue weighted by molar-refractivity contribution is 0.475. The van der Waals surface area contributed by atoms with Gasteiger partial charge >= 0.3 is 0 Å². The first-order chi connectivity index (χ1) is 12.1. The minimum Gasteiger partial charge on any atom is -0.506 e. The van der Waals surface area contributed by atoms with Gasteiger partial charge in [-0.1, -0.05) is 29.3 Å². The number of fused-ring (bicyclic) bond motifs is 1. The van der Waals surface area contributed by atoms with E-state index in [-0.39, 0.29) is 10.8 Å². The average molecular weight is 372 g/mol. The van der Waals surface area contributed by atoms with Gasteiger partial charge in [0.15, 0.2) is 17.3 Å². The molecular formula is C18H11Cl2N3O2. The third-order valence-corrected chi connectivity index (χ3v) is 4.15. The summed E-state index contributed by atoms with van der Waals surface area (Å²) < 4.78 is 7.29. The minimum absolute atomic E-state index is 0.0804. The van der Waals surface area contributed by atoms with Crippen molar-refractivity contribution in [1.82, 2.24) is 9.38 Å². The second kappa shape index (κ2) is 6.27. The monoisotopic (exact) mass is 371 g/mol. The Morgan fingerprint density at radius 1 is 1.16 bits per heavy atom. The molecular weight excluding hydrogens is 361 g/mol. The molecule has 4 aromatic rings. The highest BCUT2D eigenvalue weighted by Gasteiger charge is 2.15. The highest BCUT2D eigenvalue weighted by molar-refractivity contribution is 6.36. The fourth-order valence-electron chi connectivity index (χ4n) is 2.50. The number of aliphatic imine (C=N–C) groups is 1. The molecule has 0 bridgehead atoms. The smallest absolute Gasteiger partial charge is 0.168 e. The van der Waals surface area contributed by atoms with Crippen molar-refractivity contribution < 1.29 is 9.52 Å². The van der Waals surface area contributed by atoms with E-state index < -0.39 is 0 Å². The van der Waals surface area contributed by atoms with Crippen LogP contribution in [0.15, 0.2) is 64.3 Å². The summed E-state index contributed by atoms with van der Waals surface area (Å²) in [6.45, 7) is 0. The number of benzene rings is 1. The first-order valence-corrected chi connectivity index (χ1v) is 8.12. The summed E-state index contributed by atoms with van der Waals surface area (Å²) in [5.74, 6) is 1.09. The lowest BCUT2D eigenvalue weighted by Gasteiger charge is -2.03. The van der Waals surface area contributed by atoms with E-state index in [0.29, 0.717) is 27.9 Å². The van der Waals surface area contributed by atoms with Gasteiger partial charge in [-0.05, 0) is 36.4 Å². The van der Waals surface area contributed by atoms with Crippen LogP contribution in [-0.2, 0) is 0 Å². The second-order valence-electron chi connectivity index (χ2n) is 5.27. The number of hydrogen-bond acceptors (Lipinski definition) is 4. The Bertz CT molecular complexity index is 1090. The number of phenols is 1. The Kier molecular flexibility index (Phi) is 3.95. The summed E-state index contributed by atoms with van der Waals surface area (Å²) in [6.07, 6.45) is 4.93. The van der Waals surface area contributed by atoms with Gasteiger partial charge in [-0.3, -0.25) is 4.40 Å². The number of halogens is 2. The quantitative estimate of drug-likeness (QED) is 0.493. The van der Waals surface area contributed by atoms with E-state index in [2.05, 4.69) is 9.98 Å². The lowest BCUT2D eigenvalue weighted by Crippen LogP contribution is -1.86. The molecule has 3 heterocycles. The molecule has 7 heteroatoms. The van der Waals surface area contributed by atoms with Gasteiger partial charge in [0.1, 0.15) is 11.4 Å². The molecule has 124 valence electrons. The lowest BCUT2D eigenvalue weighted by atomic mass is 10.2. The molecule has 0 aliphatic carbocycles. The van der Waals surface area contributed by atoms with E-state index in [9.17, 15) is 5.11 Å². The summed E-state index contributed by atoms with van der Waals surface area (Å²) in [6, 6.07) is 12.3. The molecule has 1 aromatic carbocycles. The van der Waals surface area contributed by atoms with Crippen molar-refractivity contribution in [2.24, 2.45) is 4.99 Å². The maximum Gasteiger partial charge on any atom is 0.168 e. The highest BCUT2D eigenvalue weighted by atomic mass is 35.5. The van der Waals surface area contributed by atoms with Crippen molar-refractivity contribution in [3.05, 3.63) is 70.5 Å². The topological polar surface area (TPSA) is 63.0 Å². The average Bonchev–Trinajstić information content (AvgIpc) is 3.24. The van der Waals surface area contributed by atoms with Crippen LogP contribution in [0.25, 0.3) is 17.1 Å². The SMILES string of the molecule is Oc1c(Cl)cc(Cl)cc1C=Nc1c(-c2ccco2)nc2ccccn12. The third-order valence-electron chi connectivity index (χ3n) is 3.64. The Morgan fingerprint density at radius 2 is 2.04 bits per heavy atom. The van der Waals surface area contributed by atoms with Crippen LogP contribution in [0.4, 0.5) is 5.82 Å². The van der Waals surface area contributed by atoms with Crippen LogP contribution in [0, 0.1) is 0 Å². The van der Waals surface area contributed by atoms with Crippen LogP contribution in [-0.4, -0.2) is 20.7 Å². The number of hydrogen-bond donors (Lipinski definition) is 1. The summed E-state index contributed by atoms with van der Waals surface area (Å²) in [4.78, 5) is 9.07. The summed E-state index contributed by atoms with van der Waals surface area (Å²) >= 11 is 12.0. The van der Waals surface area contributed by atoms with Gasteiger partial charge in [0.25, 0.3) is 0 Å². The molecule has 5 nitrogen and oxygen atoms in total. The summed E-state index contributed by atoms with van der Waals surface area (Å²) in [5, 5.41) is 10.7. The van der Waals surface area contributed by atoms with Crippen molar-refractivity contribution in [2.75, 3.05) is 0 Å². The van der Waals surface area contributed by atoms with Crippen molar-refractivity contribution in [2.45, 2.75) is 0 Å². The fourth-order valence-corrected chi connectivity index (χ4v) is 3.01. The number of aromatic hydroxyl groups is 1. The first kappa shape index (κ1) is 15.7. The zero-order valence-electron chi connectivity index (χ0n) is 12.7. The van der Waals surface area contributed by atoms with E-state index in [0.717, 1.165) is 5.65 Å². The molecule has 0 aliphatic heterocycles. The minimum atomic E-state index is -0.0804. The zero-order valence-corrected chi connectivity index (χ0v) is 14.2.